The maximum absolute atomic E-state index is 13.9. The third kappa shape index (κ3) is 7.87. The Labute approximate surface area is 268 Å². The molecular formula is C36H31F3N2O4S. The molecule has 0 saturated heterocycles. The molecule has 1 amide bonds. The minimum absolute atomic E-state index is 0.103. The van der Waals surface area contributed by atoms with Crippen LogP contribution in [0.25, 0.3) is 22.0 Å². The van der Waals surface area contributed by atoms with Gasteiger partial charge in [0.15, 0.2) is 0 Å². The Balaban J connectivity index is 1.43. The van der Waals surface area contributed by atoms with Gasteiger partial charge in [0.2, 0.25) is 0 Å². The number of rotatable bonds is 12. The molecule has 46 heavy (non-hydrogen) atoms. The smallest absolute Gasteiger partial charge is 0.418 e. The largest absolute Gasteiger partial charge is 0.489 e. The summed E-state index contributed by atoms with van der Waals surface area (Å²) in [6, 6.07) is 26.6. The molecule has 5 rings (SSSR count). The lowest BCUT2D eigenvalue weighted by Crippen LogP contribution is -2.41. The van der Waals surface area contributed by atoms with Gasteiger partial charge in [-0.15, -0.1) is 0 Å². The molecule has 10 heteroatoms. The van der Waals surface area contributed by atoms with Gasteiger partial charge in [0.05, 0.1) is 11.1 Å². The van der Waals surface area contributed by atoms with Gasteiger partial charge in [0.1, 0.15) is 18.4 Å². The first kappa shape index (κ1) is 32.6. The van der Waals surface area contributed by atoms with E-state index in [-0.39, 0.29) is 12.1 Å². The summed E-state index contributed by atoms with van der Waals surface area (Å²) >= 11 is 1.50. The van der Waals surface area contributed by atoms with Crippen LogP contribution in [0, 0.1) is 0 Å². The van der Waals surface area contributed by atoms with Crippen LogP contribution in [0.1, 0.15) is 39.0 Å². The summed E-state index contributed by atoms with van der Waals surface area (Å²) in [5.74, 6) is -0.508. The predicted octanol–water partition coefficient (Wildman–Crippen LogP) is 8.03. The number of nitrogens with zero attached hydrogens (tertiary/aromatic N) is 1. The van der Waals surface area contributed by atoms with Crippen molar-refractivity contribution < 1.29 is 32.6 Å². The molecule has 236 valence electrons. The Morgan fingerprint density at radius 2 is 1.67 bits per heavy atom. The van der Waals surface area contributed by atoms with Crippen LogP contribution in [-0.2, 0) is 24.0 Å². The van der Waals surface area contributed by atoms with Crippen LogP contribution in [0.15, 0.2) is 103 Å². The summed E-state index contributed by atoms with van der Waals surface area (Å²) in [6.07, 6.45) is -0.412. The summed E-state index contributed by atoms with van der Waals surface area (Å²) in [5.41, 5.74) is 3.14. The third-order valence-corrected chi connectivity index (χ3v) is 8.09. The number of nitrogens with one attached hydrogen (secondary N) is 1. The van der Waals surface area contributed by atoms with E-state index < -0.39 is 29.7 Å². The number of carboxylic acid groups (broad SMARTS) is 1. The van der Waals surface area contributed by atoms with Crippen LogP contribution >= 0.6 is 11.8 Å². The number of halogens is 3. The lowest BCUT2D eigenvalue weighted by Gasteiger charge is -2.17. The number of fused-ring (bicyclic) bond motifs is 1. The van der Waals surface area contributed by atoms with Gasteiger partial charge in [-0.25, -0.2) is 4.79 Å². The second kappa shape index (κ2) is 14.5. The van der Waals surface area contributed by atoms with Crippen molar-refractivity contribution in [2.24, 2.45) is 0 Å². The van der Waals surface area contributed by atoms with Gasteiger partial charge in [-0.1, -0.05) is 66.7 Å². The second-order valence-electron chi connectivity index (χ2n) is 10.7. The maximum Gasteiger partial charge on any atom is 0.418 e. The minimum atomic E-state index is -4.57. The molecule has 0 spiro atoms. The monoisotopic (exact) mass is 644 g/mol. The van der Waals surface area contributed by atoms with E-state index >= 15 is 0 Å². The fraction of sp³-hybridized carbons (Fsp3) is 0.194. The Bertz CT molecular complexity index is 1850. The molecule has 1 aromatic heterocycles. The van der Waals surface area contributed by atoms with Gasteiger partial charge in [-0.2, -0.15) is 24.9 Å². The zero-order valence-corrected chi connectivity index (χ0v) is 25.7. The maximum atomic E-state index is 13.9. The number of amides is 1. The molecular weight excluding hydrogens is 613 g/mol. The van der Waals surface area contributed by atoms with Crippen LogP contribution < -0.4 is 10.1 Å². The molecule has 0 aliphatic rings. The van der Waals surface area contributed by atoms with Crippen LogP contribution in [0.2, 0.25) is 0 Å². The van der Waals surface area contributed by atoms with E-state index in [2.05, 4.69) is 10.3 Å². The lowest BCUT2D eigenvalue weighted by atomic mass is 9.92. The molecule has 0 aliphatic carbocycles. The first-order valence-electron chi connectivity index (χ1n) is 14.5. The highest BCUT2D eigenvalue weighted by molar-refractivity contribution is 7.98. The zero-order chi connectivity index (χ0) is 32.7. The van der Waals surface area contributed by atoms with Crippen LogP contribution in [0.3, 0.4) is 0 Å². The lowest BCUT2D eigenvalue weighted by molar-refractivity contribution is -0.139. The van der Waals surface area contributed by atoms with Crippen molar-refractivity contribution in [3.8, 4) is 16.9 Å². The highest BCUT2D eigenvalue weighted by Gasteiger charge is 2.33. The van der Waals surface area contributed by atoms with E-state index in [9.17, 15) is 27.9 Å². The summed E-state index contributed by atoms with van der Waals surface area (Å²) < 4.78 is 47.9. The standard InChI is InChI=1S/C36H31F3N2O4S/c1-46-17-16-31(35(43)44)41-34(42)26-12-5-10-24(19-26)22-45-28-13-6-11-25(20-28)32-27(18-23-8-3-2-4-9-23)21-40-33-29(32)14-7-15-30(33)36(37,38)39/h2-15,19-21,31H,16-18,22H2,1H3,(H,41,42)(H,43,44)/t31-/m0/s1. The number of pyridine rings is 1. The topological polar surface area (TPSA) is 88.5 Å². The highest BCUT2D eigenvalue weighted by atomic mass is 32.2. The molecule has 0 saturated carbocycles. The number of aromatic nitrogens is 1. The molecule has 6 nitrogen and oxygen atoms in total. The van der Waals surface area contributed by atoms with Gasteiger partial charge >= 0.3 is 12.1 Å². The van der Waals surface area contributed by atoms with Gasteiger partial charge in [0, 0.05) is 17.1 Å². The number of carboxylic acids is 1. The third-order valence-electron chi connectivity index (χ3n) is 7.45. The number of alkyl halides is 3. The number of carbonyl (C=O) groups is 2. The average molecular weight is 645 g/mol. The van der Waals surface area contributed by atoms with Crippen molar-refractivity contribution in [2.45, 2.75) is 31.7 Å². The molecule has 0 radical (unpaired) electrons. The quantitative estimate of drug-likeness (QED) is 0.143. The fourth-order valence-corrected chi connectivity index (χ4v) is 5.70. The Morgan fingerprint density at radius 3 is 2.41 bits per heavy atom. The number of hydrogen-bond donors (Lipinski definition) is 2. The summed E-state index contributed by atoms with van der Waals surface area (Å²) in [6.45, 7) is 0.103. The van der Waals surface area contributed by atoms with E-state index in [1.54, 1.807) is 48.5 Å². The van der Waals surface area contributed by atoms with Gasteiger partial charge in [-0.05, 0) is 83.0 Å². The Kier molecular flexibility index (Phi) is 10.3. The molecule has 4 aromatic carbocycles. The Morgan fingerprint density at radius 1 is 0.935 bits per heavy atom. The van der Waals surface area contributed by atoms with Gasteiger partial charge in [0.25, 0.3) is 5.91 Å². The number of ether oxygens (including phenoxy) is 1. The number of benzene rings is 4. The molecule has 0 bridgehead atoms. The van der Waals surface area contributed by atoms with Crippen LogP contribution in [-0.4, -0.2) is 40.0 Å². The number of hydrogen-bond acceptors (Lipinski definition) is 5. The number of carbonyl (C=O) groups excluding carboxylic acids is 1. The Hall–Kier alpha value is -4.83. The normalized spacial score (nSPS) is 12.1. The van der Waals surface area contributed by atoms with Crippen molar-refractivity contribution in [3.63, 3.8) is 0 Å². The molecule has 1 heterocycles. The first-order valence-corrected chi connectivity index (χ1v) is 15.9. The molecule has 0 fully saturated rings. The van der Waals surface area contributed by atoms with Crippen LogP contribution in [0.4, 0.5) is 13.2 Å². The second-order valence-corrected chi connectivity index (χ2v) is 11.7. The van der Waals surface area contributed by atoms with E-state index in [0.717, 1.165) is 17.2 Å². The molecule has 0 aliphatic heterocycles. The molecule has 2 N–H and O–H groups in total. The van der Waals surface area contributed by atoms with E-state index in [0.29, 0.717) is 52.0 Å². The molecule has 5 aromatic rings. The molecule has 0 unspecified atom stereocenters. The van der Waals surface area contributed by atoms with Crippen molar-refractivity contribution in [1.29, 1.82) is 0 Å². The van der Waals surface area contributed by atoms with Crippen molar-refractivity contribution in [1.82, 2.24) is 10.3 Å². The fourth-order valence-electron chi connectivity index (χ4n) is 5.23. The SMILES string of the molecule is CSCC[C@H](NC(=O)c1cccc(COc2cccc(-c3c(Cc4ccccc4)cnc4c(C(F)(F)F)cccc34)c2)c1)C(=O)O. The number of aliphatic carboxylic acids is 1. The van der Waals surface area contributed by atoms with E-state index in [1.165, 1.54) is 24.0 Å². The average Bonchev–Trinajstić information content (AvgIpc) is 3.05. The predicted molar refractivity (Wildman–Crippen MR) is 174 cm³/mol. The first-order chi connectivity index (χ1) is 22.1. The number of thioether (sulfide) groups is 1. The molecule has 1 atom stereocenters. The van der Waals surface area contributed by atoms with E-state index in [4.69, 9.17) is 4.74 Å². The summed E-state index contributed by atoms with van der Waals surface area (Å²) in [7, 11) is 0. The van der Waals surface area contributed by atoms with Gasteiger partial charge < -0.3 is 15.2 Å². The van der Waals surface area contributed by atoms with Crippen LogP contribution in [0.5, 0.6) is 5.75 Å². The van der Waals surface area contributed by atoms with Crippen molar-refractivity contribution >= 4 is 34.5 Å². The van der Waals surface area contributed by atoms with Gasteiger partial charge in [-0.3, -0.25) is 9.78 Å². The van der Waals surface area contributed by atoms with E-state index in [1.807, 2.05) is 42.7 Å². The highest BCUT2D eigenvalue weighted by Crippen LogP contribution is 2.39. The number of para-hydroxylation sites is 1. The minimum Gasteiger partial charge on any atom is -0.489 e. The summed E-state index contributed by atoms with van der Waals surface area (Å²) in [5, 5.41) is 12.4. The van der Waals surface area contributed by atoms with Crippen molar-refractivity contribution in [2.75, 3.05) is 12.0 Å². The zero-order valence-electron chi connectivity index (χ0n) is 24.9. The summed E-state index contributed by atoms with van der Waals surface area (Å²) in [4.78, 5) is 28.7. The van der Waals surface area contributed by atoms with Crippen molar-refractivity contribution in [3.05, 3.63) is 131 Å².